The van der Waals surface area contributed by atoms with Gasteiger partial charge in [0.05, 0.1) is 44.8 Å². The Hall–Kier alpha value is -3.10. The van der Waals surface area contributed by atoms with Crippen molar-refractivity contribution < 1.29 is 38.4 Å². The average molecular weight is 515 g/mol. The average Bonchev–Trinajstić information content (AvgIpc) is 2.82. The number of carbonyl (C=O) groups is 2. The largest absolute Gasteiger partial charge is 0.496 e. The number of methoxy groups -OCH3 is 3. The van der Waals surface area contributed by atoms with E-state index in [-0.39, 0.29) is 18.2 Å². The number of carbonyl (C=O) groups excluding carboxylic acids is 2. The van der Waals surface area contributed by atoms with Crippen molar-refractivity contribution in [2.24, 2.45) is 0 Å². The molecule has 0 unspecified atom stereocenters. The van der Waals surface area contributed by atoms with Crippen molar-refractivity contribution in [2.45, 2.75) is 64.6 Å². The maximum Gasteiger partial charge on any atom is 0.170 e. The Morgan fingerprint density at radius 2 is 1.19 bits per heavy atom. The first-order chi connectivity index (χ1) is 17.5. The molecular formula is C29H38O8. The van der Waals surface area contributed by atoms with Crippen molar-refractivity contribution in [3.63, 3.8) is 0 Å². The number of fused-ring (bicyclic) bond motifs is 2. The molecule has 0 aromatic heterocycles. The number of aliphatic hydroxyl groups is 1. The monoisotopic (exact) mass is 514 g/mol. The van der Waals surface area contributed by atoms with Crippen molar-refractivity contribution in [3.8, 4) is 23.0 Å². The Morgan fingerprint density at radius 1 is 0.757 bits per heavy atom. The minimum atomic E-state index is -0.513. The van der Waals surface area contributed by atoms with Gasteiger partial charge in [0.15, 0.2) is 11.6 Å². The van der Waals surface area contributed by atoms with Crippen LogP contribution in [-0.2, 0) is 17.6 Å². The number of hydrogen-bond acceptors (Lipinski definition) is 8. The molecule has 202 valence electrons. The number of ketones is 2. The van der Waals surface area contributed by atoms with Crippen molar-refractivity contribution in [2.75, 3.05) is 34.5 Å². The van der Waals surface area contributed by atoms with Crippen LogP contribution >= 0.6 is 0 Å². The van der Waals surface area contributed by atoms with Gasteiger partial charge in [0.25, 0.3) is 0 Å². The van der Waals surface area contributed by atoms with Gasteiger partial charge in [-0.15, -0.1) is 0 Å². The molecule has 8 nitrogen and oxygen atoms in total. The van der Waals surface area contributed by atoms with Crippen LogP contribution in [-0.4, -0.2) is 62.4 Å². The second kappa shape index (κ2) is 11.5. The van der Waals surface area contributed by atoms with E-state index in [1.807, 2.05) is 33.8 Å². The highest BCUT2D eigenvalue weighted by atomic mass is 16.5. The van der Waals surface area contributed by atoms with Crippen LogP contribution < -0.4 is 18.9 Å². The van der Waals surface area contributed by atoms with Crippen molar-refractivity contribution >= 4 is 11.6 Å². The van der Waals surface area contributed by atoms with Crippen LogP contribution in [0.15, 0.2) is 24.3 Å². The summed E-state index contributed by atoms with van der Waals surface area (Å²) in [6.07, 6.45) is 1.84. The minimum Gasteiger partial charge on any atom is -0.496 e. The molecule has 8 heteroatoms. The first-order valence-electron chi connectivity index (χ1n) is 12.4. The molecular weight excluding hydrogens is 476 g/mol. The predicted molar refractivity (Wildman–Crippen MR) is 140 cm³/mol. The normalized spacial score (nSPS) is 16.9. The maximum atomic E-state index is 12.2. The van der Waals surface area contributed by atoms with E-state index in [9.17, 15) is 9.59 Å². The number of benzene rings is 2. The lowest BCUT2D eigenvalue weighted by Gasteiger charge is -2.33. The summed E-state index contributed by atoms with van der Waals surface area (Å²) in [7, 11) is 4.84. The SMILES string of the molecule is COCCc1c(OC)ccc2c1OC(C)(C)CC2=O.COc1ccc2c(c1CCO)OC(C)(C)CC2=O. The zero-order valence-electron chi connectivity index (χ0n) is 22.9. The fourth-order valence-corrected chi connectivity index (χ4v) is 4.65. The van der Waals surface area contributed by atoms with Crippen LogP contribution in [0, 0.1) is 0 Å². The van der Waals surface area contributed by atoms with Gasteiger partial charge in [-0.3, -0.25) is 9.59 Å². The third-order valence-corrected chi connectivity index (χ3v) is 6.32. The topological polar surface area (TPSA) is 101 Å². The van der Waals surface area contributed by atoms with E-state index in [1.165, 1.54) is 0 Å². The third-order valence-electron chi connectivity index (χ3n) is 6.32. The molecule has 2 aliphatic heterocycles. The lowest BCUT2D eigenvalue weighted by atomic mass is 9.90. The molecule has 37 heavy (non-hydrogen) atoms. The molecule has 2 aliphatic rings. The van der Waals surface area contributed by atoms with Gasteiger partial charge < -0.3 is 28.8 Å². The molecule has 0 spiro atoms. The quantitative estimate of drug-likeness (QED) is 0.572. The van der Waals surface area contributed by atoms with Crippen molar-refractivity contribution in [1.82, 2.24) is 0 Å². The Bertz CT molecular complexity index is 1150. The van der Waals surface area contributed by atoms with Gasteiger partial charge in [-0.2, -0.15) is 0 Å². The van der Waals surface area contributed by atoms with Gasteiger partial charge >= 0.3 is 0 Å². The van der Waals surface area contributed by atoms with Gasteiger partial charge in [-0.1, -0.05) is 0 Å². The smallest absolute Gasteiger partial charge is 0.170 e. The van der Waals surface area contributed by atoms with Crippen molar-refractivity contribution in [1.29, 1.82) is 0 Å². The first kappa shape index (κ1) is 28.5. The maximum absolute atomic E-state index is 12.2. The van der Waals surface area contributed by atoms with Gasteiger partial charge in [0.2, 0.25) is 0 Å². The number of Topliss-reactive ketones (excluding diaryl/α,β-unsaturated/α-hetero) is 2. The van der Waals surface area contributed by atoms with E-state index in [0.29, 0.717) is 60.7 Å². The summed E-state index contributed by atoms with van der Waals surface area (Å²) >= 11 is 0. The van der Waals surface area contributed by atoms with Gasteiger partial charge in [0, 0.05) is 37.7 Å². The minimum absolute atomic E-state index is 0.00913. The third kappa shape index (κ3) is 6.43. The fourth-order valence-electron chi connectivity index (χ4n) is 4.65. The van der Waals surface area contributed by atoms with E-state index in [2.05, 4.69) is 0 Å². The van der Waals surface area contributed by atoms with E-state index < -0.39 is 11.2 Å². The Kier molecular flexibility index (Phi) is 8.87. The number of hydrogen-bond donors (Lipinski definition) is 1. The Labute approximate surface area is 218 Å². The molecule has 4 rings (SSSR count). The zero-order valence-corrected chi connectivity index (χ0v) is 22.9. The van der Waals surface area contributed by atoms with Crippen LogP contribution in [0.3, 0.4) is 0 Å². The first-order valence-corrected chi connectivity index (χ1v) is 12.4. The summed E-state index contributed by atoms with van der Waals surface area (Å²) in [5.41, 5.74) is 1.91. The molecule has 0 saturated carbocycles. The molecule has 0 aliphatic carbocycles. The predicted octanol–water partition coefficient (Wildman–Crippen LogP) is 4.60. The summed E-state index contributed by atoms with van der Waals surface area (Å²) in [4.78, 5) is 24.2. The second-order valence-corrected chi connectivity index (χ2v) is 10.4. The van der Waals surface area contributed by atoms with Crippen LogP contribution in [0.2, 0.25) is 0 Å². The number of ether oxygens (including phenoxy) is 5. The van der Waals surface area contributed by atoms with Crippen LogP contribution in [0.1, 0.15) is 72.4 Å². The molecule has 2 aromatic rings. The van der Waals surface area contributed by atoms with E-state index >= 15 is 0 Å². The molecule has 0 saturated heterocycles. The molecule has 0 amide bonds. The van der Waals surface area contributed by atoms with Gasteiger partial charge in [-0.05, 0) is 52.0 Å². The van der Waals surface area contributed by atoms with E-state index in [4.69, 9.17) is 28.8 Å². The summed E-state index contributed by atoms with van der Waals surface area (Å²) in [5.74, 6) is 2.78. The number of rotatable bonds is 7. The van der Waals surface area contributed by atoms with Crippen molar-refractivity contribution in [3.05, 3.63) is 46.5 Å². The summed E-state index contributed by atoms with van der Waals surface area (Å²) in [6, 6.07) is 7.08. The molecule has 0 fully saturated rings. The summed E-state index contributed by atoms with van der Waals surface area (Å²) in [5, 5.41) is 9.14. The van der Waals surface area contributed by atoms with Gasteiger partial charge in [0.1, 0.15) is 34.2 Å². The molecule has 0 bridgehead atoms. The van der Waals surface area contributed by atoms with Gasteiger partial charge in [-0.25, -0.2) is 0 Å². The van der Waals surface area contributed by atoms with E-state index in [0.717, 1.165) is 16.9 Å². The summed E-state index contributed by atoms with van der Waals surface area (Å²) in [6.45, 7) is 8.17. The van der Waals surface area contributed by atoms with Crippen LogP contribution in [0.4, 0.5) is 0 Å². The fraction of sp³-hybridized carbons (Fsp3) is 0.517. The molecule has 0 atom stereocenters. The lowest BCUT2D eigenvalue weighted by molar-refractivity contribution is 0.0597. The Balaban J connectivity index is 0.000000206. The number of aliphatic hydroxyl groups excluding tert-OH is 1. The molecule has 0 radical (unpaired) electrons. The molecule has 1 N–H and O–H groups in total. The standard InChI is InChI=1S/C15H20O4.C14H18O4/c1-15(2)9-12(16)10-5-6-13(18-4)11(7-8-17-3)14(10)19-15;1-14(2)8-11(16)9-4-5-12(17-3)10(6-7-15)13(9)18-14/h5-6H,7-9H2,1-4H3;4-5,15H,6-8H2,1-3H3. The van der Waals surface area contributed by atoms with E-state index in [1.54, 1.807) is 39.5 Å². The highest BCUT2D eigenvalue weighted by Gasteiger charge is 2.36. The highest BCUT2D eigenvalue weighted by molar-refractivity contribution is 6.01. The molecule has 2 heterocycles. The zero-order chi connectivity index (χ0) is 27.4. The highest BCUT2D eigenvalue weighted by Crippen LogP contribution is 2.41. The lowest BCUT2D eigenvalue weighted by Crippen LogP contribution is -2.36. The molecule has 2 aromatic carbocycles. The second-order valence-electron chi connectivity index (χ2n) is 10.4. The van der Waals surface area contributed by atoms with Crippen LogP contribution in [0.25, 0.3) is 0 Å². The Morgan fingerprint density at radius 3 is 1.57 bits per heavy atom. The van der Waals surface area contributed by atoms with Crippen LogP contribution in [0.5, 0.6) is 23.0 Å². The summed E-state index contributed by atoms with van der Waals surface area (Å²) < 4.78 is 27.7.